The molecule has 0 aliphatic heterocycles. The van der Waals surface area contributed by atoms with Crippen LogP contribution in [0.2, 0.25) is 0 Å². The molecule has 32 heteroatoms. The molecule has 0 unspecified atom stereocenters. The number of fused-ring (bicyclic) bond motifs is 8. The van der Waals surface area contributed by atoms with Crippen molar-refractivity contribution < 1.29 is 96.6 Å². The first-order chi connectivity index (χ1) is 69.3. The van der Waals surface area contributed by atoms with Gasteiger partial charge in [-0.3, -0.25) is 0 Å². The van der Waals surface area contributed by atoms with Crippen LogP contribution in [0.1, 0.15) is 134 Å². The Labute approximate surface area is 853 Å². The highest BCUT2D eigenvalue weighted by molar-refractivity contribution is 7.91. The van der Waals surface area contributed by atoms with Crippen molar-refractivity contribution in [3.63, 3.8) is 0 Å². The Hall–Kier alpha value is -15.4. The summed E-state index contributed by atoms with van der Waals surface area (Å²) in [4.78, 5) is 72.9. The normalized spacial score (nSPS) is 12.2. The third kappa shape index (κ3) is 21.1. The third-order valence-corrected chi connectivity index (χ3v) is 33.8. The molecule has 0 fully saturated rings. The van der Waals surface area contributed by atoms with E-state index in [0.29, 0.717) is 101 Å². The van der Waals surface area contributed by atoms with Gasteiger partial charge in [0.15, 0.2) is 45.1 Å². The summed E-state index contributed by atoms with van der Waals surface area (Å²) in [7, 11) is -13.2. The van der Waals surface area contributed by atoms with Crippen LogP contribution in [-0.2, 0) is 52.6 Å². The zero-order chi connectivity index (χ0) is 104. The van der Waals surface area contributed by atoms with Crippen LogP contribution in [0.15, 0.2) is 291 Å². The first kappa shape index (κ1) is 102. The first-order valence-electron chi connectivity index (χ1n) is 45.8. The highest BCUT2D eigenvalue weighted by atomic mass is 32.2. The lowest BCUT2D eigenvalue weighted by atomic mass is 10.0. The number of pyridine rings is 4. The fourth-order valence-corrected chi connectivity index (χ4v) is 23.5. The van der Waals surface area contributed by atoms with Gasteiger partial charge in [-0.25, -0.2) is 72.8 Å². The number of aromatic carboxylic acids is 4. The quantitative estimate of drug-likeness (QED) is 0.0436. The molecule has 25 nitrogen and oxygen atoms in total. The van der Waals surface area contributed by atoms with Crippen LogP contribution in [0.5, 0.6) is 23.0 Å². The van der Waals surface area contributed by atoms with E-state index in [-0.39, 0.29) is 55.0 Å². The van der Waals surface area contributed by atoms with Crippen molar-refractivity contribution in [3.8, 4) is 66.2 Å². The number of rotatable bonds is 24. The Morgan fingerprint density at radius 2 is 0.575 bits per heavy atom. The Morgan fingerprint density at radius 1 is 0.315 bits per heavy atom. The number of carboxylic acids is 4. The number of aryl methyl sites for hydroxylation is 8. The smallest absolute Gasteiger partial charge is 0.336 e. The van der Waals surface area contributed by atoms with E-state index in [9.17, 15) is 73.3 Å². The van der Waals surface area contributed by atoms with Crippen LogP contribution < -0.4 is 18.9 Å². The van der Waals surface area contributed by atoms with E-state index in [2.05, 4.69) is 36.4 Å². The molecule has 8 aromatic heterocycles. The number of para-hydroxylation sites is 1. The Balaban J connectivity index is 0.000000133. The molecule has 0 saturated heterocycles. The van der Waals surface area contributed by atoms with Gasteiger partial charge in [-0.1, -0.05) is 146 Å². The summed E-state index contributed by atoms with van der Waals surface area (Å²) >= 11 is 4.79. The summed E-state index contributed by atoms with van der Waals surface area (Å²) < 4.78 is 128. The van der Waals surface area contributed by atoms with Gasteiger partial charge in [0.1, 0.15) is 59.7 Å². The molecule has 20 rings (SSSR count). The van der Waals surface area contributed by atoms with E-state index in [0.717, 1.165) is 142 Å². The summed E-state index contributed by atoms with van der Waals surface area (Å²) in [6.45, 7) is 19.5. The number of furan rings is 1. The third-order valence-electron chi connectivity index (χ3n) is 25.4. The maximum Gasteiger partial charge on any atom is 0.336 e. The number of hydrogen-bond donors (Lipinski definition) is 4. The van der Waals surface area contributed by atoms with Crippen LogP contribution in [0.3, 0.4) is 0 Å². The number of ether oxygens (including phenoxy) is 4. The van der Waals surface area contributed by atoms with E-state index in [1.807, 2.05) is 154 Å². The fourth-order valence-electron chi connectivity index (χ4n) is 17.5. The second-order valence-corrected chi connectivity index (χ2v) is 46.9. The van der Waals surface area contributed by atoms with Gasteiger partial charge in [0.25, 0.3) is 0 Å². The summed E-state index contributed by atoms with van der Waals surface area (Å²) in [5.41, 5.74) is 16.1. The fraction of sp³-hybridized carbons (Fsp3) is 0.158. The van der Waals surface area contributed by atoms with Gasteiger partial charge < -0.3 is 43.8 Å². The molecule has 0 saturated carbocycles. The molecule has 0 aliphatic rings. The summed E-state index contributed by atoms with van der Waals surface area (Å²) in [5, 5.41) is 46.7. The van der Waals surface area contributed by atoms with E-state index in [4.69, 9.17) is 43.3 Å². The molecule has 0 bridgehead atoms. The van der Waals surface area contributed by atoms with E-state index in [1.165, 1.54) is 30.3 Å². The topological polar surface area (TPSA) is 387 Å². The summed E-state index contributed by atoms with van der Waals surface area (Å²) in [6.07, 6.45) is 3.73. The van der Waals surface area contributed by atoms with E-state index in [1.54, 1.807) is 149 Å². The molecule has 0 spiro atoms. The van der Waals surface area contributed by atoms with Crippen molar-refractivity contribution >= 4 is 182 Å². The molecule has 0 radical (unpaired) electrons. The van der Waals surface area contributed by atoms with Crippen molar-refractivity contribution in [2.75, 3.05) is 25.0 Å². The zero-order valence-corrected chi connectivity index (χ0v) is 87.1. The van der Waals surface area contributed by atoms with Crippen molar-refractivity contribution in [2.24, 2.45) is 0 Å². The number of nitrogens with zero attached hydrogens (tertiary/aromatic N) is 4. The Bertz CT molecular complexity index is 8670. The van der Waals surface area contributed by atoms with Gasteiger partial charge in [-0.05, 0) is 268 Å². The number of thiophene rings is 3. The molecule has 8 heterocycles. The number of carboxylic acid groups (broad SMARTS) is 4. The lowest BCUT2D eigenvalue weighted by Crippen LogP contribution is -2.07. The monoisotopic (exact) mass is 2080 g/mol. The molecule has 0 amide bonds. The molecule has 2 atom stereocenters. The van der Waals surface area contributed by atoms with Gasteiger partial charge >= 0.3 is 23.9 Å². The van der Waals surface area contributed by atoms with Gasteiger partial charge in [-0.2, -0.15) is 0 Å². The van der Waals surface area contributed by atoms with Crippen LogP contribution in [0.25, 0.3) is 128 Å². The molecule has 740 valence electrons. The van der Waals surface area contributed by atoms with Crippen LogP contribution >= 0.6 is 34.0 Å². The average Bonchev–Trinajstić information content (AvgIpc) is 1.45. The van der Waals surface area contributed by atoms with Crippen molar-refractivity contribution in [3.05, 3.63) is 356 Å². The molecular weight excluding hydrogens is 1990 g/mol. The molecule has 20 aromatic rings. The zero-order valence-electron chi connectivity index (χ0n) is 81.3. The van der Waals surface area contributed by atoms with Gasteiger partial charge in [0.05, 0.1) is 117 Å². The highest BCUT2D eigenvalue weighted by Crippen LogP contribution is 2.47. The maximum atomic E-state index is 12.5. The largest absolute Gasteiger partial charge is 0.488 e. The SMILES string of the molecule is Cc1c(-c2cc(C(=O)O)c3c(OCc4ccc(S(C)(=O)=O)cc4)ccc(C)c3n2)oc2ccccc12.Cc1c(-c2cc(C(=O)O)c3c(OCc4ccc(S(C)(=O)=O)cc4)ccc(C)c3n2)sc2ccccc12.Cc1c(-c2cc(C(=O)O)c3c(O[C@@H](C)c4ccc(S(C)(=O)=O)cc4)ccc(C)c3n2)sc2ccccc12.Cc1c(-c2cc(C(=O)O)c3c(O[C@H](C)c4ccc(S(C)(=O)=O)cc4)ccc(C)c3n2)sc2ccccc12. The van der Waals surface area contributed by atoms with Crippen molar-refractivity contribution in [2.45, 2.75) is 114 Å². The summed E-state index contributed by atoms with van der Waals surface area (Å²) in [6, 6.07) is 78.5. The first-order valence-corrected chi connectivity index (χ1v) is 55.8. The lowest BCUT2D eigenvalue weighted by Gasteiger charge is -2.19. The number of carbonyl (C=O) groups is 4. The number of hydrogen-bond acceptors (Lipinski definition) is 24. The van der Waals surface area contributed by atoms with Crippen LogP contribution in [0.4, 0.5) is 0 Å². The number of sulfone groups is 4. The predicted octanol–water partition coefficient (Wildman–Crippen LogP) is 26.3. The predicted molar refractivity (Wildman–Crippen MR) is 575 cm³/mol. The van der Waals surface area contributed by atoms with Crippen molar-refractivity contribution in [1.29, 1.82) is 0 Å². The van der Waals surface area contributed by atoms with Gasteiger partial charge in [0, 0.05) is 50.1 Å². The number of aromatic nitrogens is 4. The number of benzene rings is 12. The average molecular weight is 2080 g/mol. The van der Waals surface area contributed by atoms with Gasteiger partial charge in [0.2, 0.25) is 0 Å². The highest BCUT2D eigenvalue weighted by Gasteiger charge is 2.30. The second kappa shape index (κ2) is 41.0. The Kier molecular flexibility index (Phi) is 28.7. The lowest BCUT2D eigenvalue weighted by molar-refractivity contribution is 0.0688. The second-order valence-electron chi connectivity index (χ2n) is 35.7. The van der Waals surface area contributed by atoms with Crippen LogP contribution in [-0.4, -0.2) is 123 Å². The van der Waals surface area contributed by atoms with Crippen LogP contribution in [0, 0.1) is 55.4 Å². The molecule has 12 aromatic carbocycles. The molecular formula is C114H96N4O21S7. The minimum absolute atomic E-state index is 0.0565. The van der Waals surface area contributed by atoms with Gasteiger partial charge in [-0.15, -0.1) is 34.0 Å². The Morgan fingerprint density at radius 3 is 0.863 bits per heavy atom. The molecule has 146 heavy (non-hydrogen) atoms. The molecule has 0 aliphatic carbocycles. The van der Waals surface area contributed by atoms with Crippen molar-refractivity contribution in [1.82, 2.24) is 19.9 Å². The summed E-state index contributed by atoms with van der Waals surface area (Å²) in [5.74, 6) is -2.17. The standard InChI is InChI=1S/2C29H25NO5S2.C28H23NO6S.C28H23NO5S2/c2*1-16-9-14-24(35-18(3)19-10-12-20(13-11-19)37(4,33)34)26-22(29(31)32)15-23(30-27(16)26)28-17(2)21-7-5-6-8-25(21)36-28;1-16-8-13-24(34-15-18-9-11-19(12-10-18)36(3,32)33)25-21(28(30)31)14-22(29-26(16)25)27-17(2)20-6-4-5-7-23(20)35-27;1-16-8-13-23(34-15-18-9-11-19(12-10-18)36(3,32)33)25-21(28(30)31)14-22(29-26(16)25)27-17(2)20-6-4-5-7-24(20)35-27/h2*5-15,18H,1-4H3,(H,31,32);2*4-14H,15H2,1-3H3,(H,30,31)/t2*18-;;/m10../s1. The minimum atomic E-state index is -3.31. The minimum Gasteiger partial charge on any atom is -0.488 e. The van der Waals surface area contributed by atoms with E-state index < -0.39 is 75.4 Å². The maximum absolute atomic E-state index is 12.5. The van der Waals surface area contributed by atoms with E-state index >= 15 is 0 Å². The molecule has 4 N–H and O–H groups in total.